The van der Waals surface area contributed by atoms with Crippen LogP contribution in [-0.4, -0.2) is 45.6 Å². The minimum absolute atomic E-state index is 0.0433. The van der Waals surface area contributed by atoms with Crippen molar-refractivity contribution < 1.29 is 23.6 Å². The SMILES string of the molecule is C=CCn1c(=NC(=O)CSCC(=O)Nc2cc(C)on2)sc2cc(C(=O)OCC)ccc21. The monoisotopic (exact) mass is 474 g/mol. The van der Waals surface area contributed by atoms with Gasteiger partial charge >= 0.3 is 5.97 Å². The first-order valence-electron chi connectivity index (χ1n) is 9.71. The molecule has 168 valence electrons. The summed E-state index contributed by atoms with van der Waals surface area (Å²) in [4.78, 5) is 41.1. The molecule has 0 spiro atoms. The molecule has 0 fully saturated rings. The van der Waals surface area contributed by atoms with E-state index in [1.54, 1.807) is 44.2 Å². The van der Waals surface area contributed by atoms with Crippen LogP contribution in [0.15, 0.2) is 46.4 Å². The maximum absolute atomic E-state index is 12.4. The van der Waals surface area contributed by atoms with Crippen molar-refractivity contribution in [1.82, 2.24) is 9.72 Å². The van der Waals surface area contributed by atoms with Crippen LogP contribution in [0.5, 0.6) is 0 Å². The fourth-order valence-electron chi connectivity index (χ4n) is 2.78. The zero-order valence-electron chi connectivity index (χ0n) is 17.6. The Balaban J connectivity index is 1.70. The predicted octanol–water partition coefficient (Wildman–Crippen LogP) is 3.16. The fourth-order valence-corrected chi connectivity index (χ4v) is 4.47. The number of esters is 1. The lowest BCUT2D eigenvalue weighted by atomic mass is 10.2. The number of amides is 2. The molecule has 1 aromatic carbocycles. The van der Waals surface area contributed by atoms with Crippen molar-refractivity contribution in [2.75, 3.05) is 23.4 Å². The van der Waals surface area contributed by atoms with Crippen LogP contribution in [0.4, 0.5) is 5.82 Å². The average Bonchev–Trinajstić information content (AvgIpc) is 3.31. The number of carbonyl (C=O) groups is 3. The highest BCUT2D eigenvalue weighted by Crippen LogP contribution is 2.20. The Bertz CT molecular complexity index is 1220. The van der Waals surface area contributed by atoms with Crippen molar-refractivity contribution in [3.63, 3.8) is 0 Å². The smallest absolute Gasteiger partial charge is 0.338 e. The Hall–Kier alpha value is -3.18. The minimum Gasteiger partial charge on any atom is -0.462 e. The normalized spacial score (nSPS) is 11.5. The first-order chi connectivity index (χ1) is 15.4. The van der Waals surface area contributed by atoms with Crippen LogP contribution in [0.3, 0.4) is 0 Å². The second kappa shape index (κ2) is 10.9. The Morgan fingerprint density at radius 2 is 2.16 bits per heavy atom. The van der Waals surface area contributed by atoms with E-state index in [1.807, 2.05) is 4.57 Å². The quantitative estimate of drug-likeness (QED) is 0.374. The van der Waals surface area contributed by atoms with E-state index in [4.69, 9.17) is 9.26 Å². The van der Waals surface area contributed by atoms with E-state index in [0.717, 1.165) is 22.0 Å². The molecule has 0 unspecified atom stereocenters. The molecule has 3 rings (SSSR count). The van der Waals surface area contributed by atoms with Crippen LogP contribution < -0.4 is 10.1 Å². The molecule has 0 aliphatic rings. The van der Waals surface area contributed by atoms with E-state index in [0.29, 0.717) is 35.1 Å². The Kier molecular flexibility index (Phi) is 8.01. The number of aromatic nitrogens is 2. The zero-order valence-corrected chi connectivity index (χ0v) is 19.3. The average molecular weight is 475 g/mol. The number of thioether (sulfide) groups is 1. The fraction of sp³-hybridized carbons (Fsp3) is 0.286. The summed E-state index contributed by atoms with van der Waals surface area (Å²) in [7, 11) is 0. The maximum atomic E-state index is 12.4. The molecule has 11 heteroatoms. The van der Waals surface area contributed by atoms with Crippen LogP contribution >= 0.6 is 23.1 Å². The van der Waals surface area contributed by atoms with Gasteiger partial charge in [-0.15, -0.1) is 18.3 Å². The van der Waals surface area contributed by atoms with Crippen LogP contribution in [0.1, 0.15) is 23.0 Å². The van der Waals surface area contributed by atoms with E-state index in [2.05, 4.69) is 22.0 Å². The summed E-state index contributed by atoms with van der Waals surface area (Å²) in [6.45, 7) is 7.98. The lowest BCUT2D eigenvalue weighted by Crippen LogP contribution is -2.18. The summed E-state index contributed by atoms with van der Waals surface area (Å²) >= 11 is 2.45. The third kappa shape index (κ3) is 5.95. The second-order valence-corrected chi connectivity index (χ2v) is 8.55. The van der Waals surface area contributed by atoms with Gasteiger partial charge in [0.2, 0.25) is 5.91 Å². The Morgan fingerprint density at radius 1 is 1.34 bits per heavy atom. The number of rotatable bonds is 9. The molecule has 2 amide bonds. The van der Waals surface area contributed by atoms with Crippen molar-refractivity contribution in [3.05, 3.63) is 53.0 Å². The van der Waals surface area contributed by atoms with Crippen molar-refractivity contribution in [3.8, 4) is 0 Å². The first kappa shape index (κ1) is 23.5. The molecular weight excluding hydrogens is 452 g/mol. The molecule has 0 atom stereocenters. The molecule has 0 radical (unpaired) electrons. The van der Waals surface area contributed by atoms with Crippen LogP contribution in [0, 0.1) is 6.92 Å². The lowest BCUT2D eigenvalue weighted by molar-refractivity contribution is -0.115. The number of fused-ring (bicyclic) bond motifs is 1. The summed E-state index contributed by atoms with van der Waals surface area (Å²) < 4.78 is 12.6. The number of allylic oxidation sites excluding steroid dienone is 1. The summed E-state index contributed by atoms with van der Waals surface area (Å²) in [5.41, 5.74) is 1.28. The van der Waals surface area contributed by atoms with Crippen LogP contribution in [0.25, 0.3) is 10.2 Å². The van der Waals surface area contributed by atoms with Gasteiger partial charge in [-0.2, -0.15) is 4.99 Å². The number of nitrogens with zero attached hydrogens (tertiary/aromatic N) is 3. The molecule has 9 nitrogen and oxygen atoms in total. The highest BCUT2D eigenvalue weighted by atomic mass is 32.2. The molecule has 32 heavy (non-hydrogen) atoms. The molecular formula is C21H22N4O5S2. The molecule has 2 aromatic heterocycles. The highest BCUT2D eigenvalue weighted by Gasteiger charge is 2.13. The van der Waals surface area contributed by atoms with E-state index in [9.17, 15) is 14.4 Å². The minimum atomic E-state index is -0.400. The predicted molar refractivity (Wildman–Crippen MR) is 124 cm³/mol. The van der Waals surface area contributed by atoms with Gasteiger partial charge < -0.3 is 19.1 Å². The van der Waals surface area contributed by atoms with Gasteiger partial charge in [-0.1, -0.05) is 22.6 Å². The molecule has 0 saturated carbocycles. The lowest BCUT2D eigenvalue weighted by Gasteiger charge is -2.03. The number of ether oxygens (including phenoxy) is 1. The standard InChI is InChI=1S/C21H22N4O5S2/c1-4-8-25-15-7-6-14(20(28)29-5-2)10-16(15)32-21(25)23-19(27)12-31-11-18(26)22-17-9-13(3)30-24-17/h4,6-7,9-10H,1,5,8,11-12H2,2-3H3,(H,22,24,26). The van der Waals surface area contributed by atoms with E-state index in [1.165, 1.54) is 11.3 Å². The van der Waals surface area contributed by atoms with Gasteiger partial charge in [-0.3, -0.25) is 9.59 Å². The first-order valence-corrected chi connectivity index (χ1v) is 11.7. The van der Waals surface area contributed by atoms with Gasteiger partial charge in [0.25, 0.3) is 5.91 Å². The number of thiazole rings is 1. The van der Waals surface area contributed by atoms with Gasteiger partial charge in [-0.25, -0.2) is 4.79 Å². The van der Waals surface area contributed by atoms with E-state index < -0.39 is 5.97 Å². The zero-order chi connectivity index (χ0) is 23.1. The highest BCUT2D eigenvalue weighted by molar-refractivity contribution is 8.00. The molecule has 0 aliphatic heterocycles. The topological polar surface area (TPSA) is 116 Å². The molecule has 1 N–H and O–H groups in total. The molecule has 2 heterocycles. The van der Waals surface area contributed by atoms with E-state index >= 15 is 0 Å². The van der Waals surface area contributed by atoms with Gasteiger partial charge in [-0.05, 0) is 32.0 Å². The number of nitrogens with one attached hydrogen (secondary N) is 1. The van der Waals surface area contributed by atoms with Crippen molar-refractivity contribution in [1.29, 1.82) is 0 Å². The largest absolute Gasteiger partial charge is 0.462 e. The number of aryl methyl sites for hydroxylation is 1. The third-order valence-corrected chi connectivity index (χ3v) is 6.04. The Morgan fingerprint density at radius 3 is 2.84 bits per heavy atom. The molecule has 0 bridgehead atoms. The van der Waals surface area contributed by atoms with Crippen molar-refractivity contribution >= 4 is 56.9 Å². The number of hydrogen-bond donors (Lipinski definition) is 1. The number of hydrogen-bond acceptors (Lipinski definition) is 8. The van der Waals surface area contributed by atoms with Crippen LogP contribution in [0.2, 0.25) is 0 Å². The molecule has 3 aromatic rings. The van der Waals surface area contributed by atoms with Crippen LogP contribution in [-0.2, 0) is 20.9 Å². The molecule has 0 saturated heterocycles. The third-order valence-electron chi connectivity index (χ3n) is 4.08. The van der Waals surface area contributed by atoms with Gasteiger partial charge in [0, 0.05) is 12.6 Å². The van der Waals surface area contributed by atoms with Gasteiger partial charge in [0.1, 0.15) is 5.76 Å². The Labute approximate surface area is 192 Å². The summed E-state index contributed by atoms with van der Waals surface area (Å²) in [6.07, 6.45) is 1.71. The number of carbonyl (C=O) groups excluding carboxylic acids is 3. The van der Waals surface area contributed by atoms with Crippen molar-refractivity contribution in [2.45, 2.75) is 20.4 Å². The van der Waals surface area contributed by atoms with Gasteiger partial charge in [0.15, 0.2) is 10.6 Å². The maximum Gasteiger partial charge on any atom is 0.338 e. The van der Waals surface area contributed by atoms with Crippen molar-refractivity contribution in [2.24, 2.45) is 4.99 Å². The summed E-state index contributed by atoms with van der Waals surface area (Å²) in [5, 5.41) is 6.29. The van der Waals surface area contributed by atoms with E-state index in [-0.39, 0.29) is 23.3 Å². The molecule has 0 aliphatic carbocycles. The second-order valence-electron chi connectivity index (χ2n) is 6.56. The van der Waals surface area contributed by atoms with Gasteiger partial charge in [0.05, 0.1) is 33.9 Å². The summed E-state index contributed by atoms with van der Waals surface area (Å²) in [6, 6.07) is 6.82. The number of anilines is 1. The summed E-state index contributed by atoms with van der Waals surface area (Å²) in [5.74, 6) is -0.00422. The number of benzene rings is 1.